The SMILES string of the molecule is CCOc1cc2c(cc1CCBr)OC(C)C2. The first kappa shape index (κ1) is 11.8. The fourth-order valence-electron chi connectivity index (χ4n) is 2.07. The summed E-state index contributed by atoms with van der Waals surface area (Å²) in [6, 6.07) is 4.27. The van der Waals surface area contributed by atoms with Crippen molar-refractivity contribution >= 4 is 15.9 Å². The van der Waals surface area contributed by atoms with E-state index in [2.05, 4.69) is 35.0 Å². The molecule has 2 nitrogen and oxygen atoms in total. The van der Waals surface area contributed by atoms with Crippen LogP contribution < -0.4 is 9.47 Å². The molecule has 0 fully saturated rings. The molecule has 0 aliphatic carbocycles. The van der Waals surface area contributed by atoms with Gasteiger partial charge in [0.25, 0.3) is 0 Å². The van der Waals surface area contributed by atoms with Crippen molar-refractivity contribution in [2.45, 2.75) is 32.8 Å². The van der Waals surface area contributed by atoms with Crippen LogP contribution in [0.1, 0.15) is 25.0 Å². The Hall–Kier alpha value is -0.700. The van der Waals surface area contributed by atoms with E-state index in [0.717, 1.165) is 29.7 Å². The summed E-state index contributed by atoms with van der Waals surface area (Å²) in [5.74, 6) is 2.05. The Bertz CT molecular complexity index is 341. The van der Waals surface area contributed by atoms with E-state index in [9.17, 15) is 0 Å². The predicted octanol–water partition coefficient (Wildman–Crippen LogP) is 3.35. The molecule has 1 heterocycles. The highest BCUT2D eigenvalue weighted by Gasteiger charge is 2.21. The molecule has 0 saturated heterocycles. The van der Waals surface area contributed by atoms with E-state index in [0.29, 0.717) is 12.7 Å². The van der Waals surface area contributed by atoms with Crippen LogP contribution in [0.15, 0.2) is 12.1 Å². The quantitative estimate of drug-likeness (QED) is 0.790. The second-order valence-electron chi connectivity index (χ2n) is 4.07. The zero-order valence-corrected chi connectivity index (χ0v) is 11.3. The van der Waals surface area contributed by atoms with Crippen LogP contribution in [-0.4, -0.2) is 18.0 Å². The van der Waals surface area contributed by atoms with Crippen molar-refractivity contribution < 1.29 is 9.47 Å². The van der Waals surface area contributed by atoms with Gasteiger partial charge in [0.2, 0.25) is 0 Å². The van der Waals surface area contributed by atoms with Crippen molar-refractivity contribution in [2.24, 2.45) is 0 Å². The van der Waals surface area contributed by atoms with E-state index in [1.54, 1.807) is 0 Å². The van der Waals surface area contributed by atoms with Gasteiger partial charge in [0, 0.05) is 17.3 Å². The zero-order valence-electron chi connectivity index (χ0n) is 9.75. The molecule has 1 aromatic rings. The molecule has 2 rings (SSSR count). The minimum Gasteiger partial charge on any atom is -0.494 e. The predicted molar refractivity (Wildman–Crippen MR) is 68.9 cm³/mol. The number of benzene rings is 1. The maximum absolute atomic E-state index is 5.76. The van der Waals surface area contributed by atoms with Gasteiger partial charge in [-0.15, -0.1) is 0 Å². The van der Waals surface area contributed by atoms with Gasteiger partial charge >= 0.3 is 0 Å². The van der Waals surface area contributed by atoms with Crippen LogP contribution in [0, 0.1) is 0 Å². The summed E-state index contributed by atoms with van der Waals surface area (Å²) in [5.41, 5.74) is 2.50. The Kier molecular flexibility index (Phi) is 3.74. The van der Waals surface area contributed by atoms with E-state index in [1.807, 2.05) is 6.92 Å². The van der Waals surface area contributed by atoms with E-state index in [1.165, 1.54) is 11.1 Å². The third-order valence-electron chi connectivity index (χ3n) is 2.74. The van der Waals surface area contributed by atoms with Crippen LogP contribution in [-0.2, 0) is 12.8 Å². The highest BCUT2D eigenvalue weighted by Crippen LogP contribution is 2.35. The highest BCUT2D eigenvalue weighted by molar-refractivity contribution is 9.09. The van der Waals surface area contributed by atoms with Crippen molar-refractivity contribution in [1.82, 2.24) is 0 Å². The molecule has 0 bridgehead atoms. The number of halogens is 1. The molecule has 0 aromatic heterocycles. The molecular formula is C13H17BrO2. The Morgan fingerprint density at radius 3 is 3.00 bits per heavy atom. The van der Waals surface area contributed by atoms with E-state index in [-0.39, 0.29) is 0 Å². The minimum absolute atomic E-state index is 0.295. The lowest BCUT2D eigenvalue weighted by molar-refractivity contribution is 0.254. The van der Waals surface area contributed by atoms with E-state index < -0.39 is 0 Å². The van der Waals surface area contributed by atoms with Crippen LogP contribution in [0.25, 0.3) is 0 Å². The molecule has 1 aliphatic heterocycles. The molecule has 16 heavy (non-hydrogen) atoms. The number of aryl methyl sites for hydroxylation is 1. The number of rotatable bonds is 4. The molecule has 1 atom stereocenters. The first-order chi connectivity index (χ1) is 7.74. The molecule has 0 spiro atoms. The lowest BCUT2D eigenvalue weighted by Gasteiger charge is -2.11. The molecule has 88 valence electrons. The number of hydrogen-bond acceptors (Lipinski definition) is 2. The van der Waals surface area contributed by atoms with Gasteiger partial charge in [-0.2, -0.15) is 0 Å². The average molecular weight is 285 g/mol. The fraction of sp³-hybridized carbons (Fsp3) is 0.538. The molecule has 1 unspecified atom stereocenters. The number of alkyl halides is 1. The lowest BCUT2D eigenvalue weighted by Crippen LogP contribution is -2.05. The van der Waals surface area contributed by atoms with Crippen LogP contribution in [0.5, 0.6) is 11.5 Å². The Balaban J connectivity index is 2.33. The van der Waals surface area contributed by atoms with Crippen molar-refractivity contribution in [1.29, 1.82) is 0 Å². The zero-order chi connectivity index (χ0) is 11.5. The second kappa shape index (κ2) is 5.09. The molecule has 1 aliphatic rings. The molecule has 1 aromatic carbocycles. The topological polar surface area (TPSA) is 18.5 Å². The van der Waals surface area contributed by atoms with Gasteiger partial charge in [-0.3, -0.25) is 0 Å². The second-order valence-corrected chi connectivity index (χ2v) is 4.87. The molecule has 0 saturated carbocycles. The van der Waals surface area contributed by atoms with Gasteiger partial charge in [0.05, 0.1) is 6.61 Å². The Labute approximate surface area is 105 Å². The van der Waals surface area contributed by atoms with Crippen LogP contribution in [0.2, 0.25) is 0 Å². The largest absolute Gasteiger partial charge is 0.494 e. The van der Waals surface area contributed by atoms with Gasteiger partial charge in [-0.05, 0) is 38.0 Å². The normalized spacial score (nSPS) is 18.1. The molecule has 0 amide bonds. The Morgan fingerprint density at radius 2 is 2.31 bits per heavy atom. The van der Waals surface area contributed by atoms with Crippen molar-refractivity contribution in [3.63, 3.8) is 0 Å². The maximum Gasteiger partial charge on any atom is 0.123 e. The summed E-state index contributed by atoms with van der Waals surface area (Å²) < 4.78 is 11.4. The van der Waals surface area contributed by atoms with Crippen molar-refractivity contribution in [2.75, 3.05) is 11.9 Å². The van der Waals surface area contributed by atoms with Gasteiger partial charge in [0.15, 0.2) is 0 Å². The monoisotopic (exact) mass is 284 g/mol. The average Bonchev–Trinajstić information content (AvgIpc) is 2.58. The van der Waals surface area contributed by atoms with Crippen LogP contribution >= 0.6 is 15.9 Å². The molecule has 0 radical (unpaired) electrons. The van der Waals surface area contributed by atoms with Crippen LogP contribution in [0.4, 0.5) is 0 Å². The summed E-state index contributed by atoms with van der Waals surface area (Å²) >= 11 is 3.47. The van der Waals surface area contributed by atoms with Gasteiger partial charge in [-0.25, -0.2) is 0 Å². The lowest BCUT2D eigenvalue weighted by atomic mass is 10.1. The van der Waals surface area contributed by atoms with Gasteiger partial charge < -0.3 is 9.47 Å². The summed E-state index contributed by atoms with van der Waals surface area (Å²) in [6.07, 6.45) is 2.26. The van der Waals surface area contributed by atoms with Crippen LogP contribution in [0.3, 0.4) is 0 Å². The summed E-state index contributed by atoms with van der Waals surface area (Å²) in [5, 5.41) is 0.946. The van der Waals surface area contributed by atoms with Gasteiger partial charge in [0.1, 0.15) is 17.6 Å². The third-order valence-corrected chi connectivity index (χ3v) is 3.14. The summed E-state index contributed by atoms with van der Waals surface area (Å²) in [7, 11) is 0. The molecule has 3 heteroatoms. The number of hydrogen-bond donors (Lipinski definition) is 0. The molecular weight excluding hydrogens is 268 g/mol. The maximum atomic E-state index is 5.76. The van der Waals surface area contributed by atoms with Gasteiger partial charge in [-0.1, -0.05) is 15.9 Å². The summed E-state index contributed by atoms with van der Waals surface area (Å²) in [4.78, 5) is 0. The van der Waals surface area contributed by atoms with E-state index >= 15 is 0 Å². The van der Waals surface area contributed by atoms with Crippen molar-refractivity contribution in [3.8, 4) is 11.5 Å². The number of fused-ring (bicyclic) bond motifs is 1. The standard InChI is InChI=1S/C13H17BrO2/c1-3-15-12-8-11-6-9(2)16-13(11)7-10(12)4-5-14/h7-9H,3-6H2,1-2H3. The number of ether oxygens (including phenoxy) is 2. The summed E-state index contributed by atoms with van der Waals surface area (Å²) in [6.45, 7) is 4.83. The first-order valence-electron chi connectivity index (χ1n) is 5.75. The molecule has 0 N–H and O–H groups in total. The minimum atomic E-state index is 0.295. The smallest absolute Gasteiger partial charge is 0.123 e. The third kappa shape index (κ3) is 2.34. The van der Waals surface area contributed by atoms with E-state index in [4.69, 9.17) is 9.47 Å². The Morgan fingerprint density at radius 1 is 1.50 bits per heavy atom. The first-order valence-corrected chi connectivity index (χ1v) is 6.88. The van der Waals surface area contributed by atoms with Crippen molar-refractivity contribution in [3.05, 3.63) is 23.3 Å². The highest BCUT2D eigenvalue weighted by atomic mass is 79.9. The fourth-order valence-corrected chi connectivity index (χ4v) is 2.50.